The predicted molar refractivity (Wildman–Crippen MR) is 70.7 cm³/mol. The minimum Gasteiger partial charge on any atom is -0.453 e. The normalized spacial score (nSPS) is 13.8. The van der Waals surface area contributed by atoms with Crippen molar-refractivity contribution in [1.29, 1.82) is 0 Å². The lowest BCUT2D eigenvalue weighted by Gasteiger charge is -2.14. The molecule has 0 saturated carbocycles. The summed E-state index contributed by atoms with van der Waals surface area (Å²) < 4.78 is 7.23. The number of carbonyl (C=O) groups excluding carboxylic acids is 1. The average molecular weight is 273 g/mol. The molecular formula is C13H15N5O2. The number of carbonyl (C=O) groups is 1. The van der Waals surface area contributed by atoms with Gasteiger partial charge >= 0.3 is 5.97 Å². The number of aromatic nitrogens is 4. The van der Waals surface area contributed by atoms with Crippen molar-refractivity contribution in [3.05, 3.63) is 35.7 Å². The van der Waals surface area contributed by atoms with Crippen LogP contribution in [0.2, 0.25) is 0 Å². The minimum atomic E-state index is -0.488. The lowest BCUT2D eigenvalue weighted by molar-refractivity contribution is 0.0450. The van der Waals surface area contributed by atoms with E-state index in [-0.39, 0.29) is 12.3 Å². The van der Waals surface area contributed by atoms with Crippen LogP contribution in [-0.2, 0) is 24.3 Å². The first-order valence-corrected chi connectivity index (χ1v) is 6.53. The molecule has 0 atom stereocenters. The number of ether oxygens (including phenoxy) is 1. The van der Waals surface area contributed by atoms with Crippen molar-refractivity contribution in [2.24, 2.45) is 0 Å². The molecule has 3 heterocycles. The van der Waals surface area contributed by atoms with Crippen LogP contribution in [0.15, 0.2) is 18.3 Å². The summed E-state index contributed by atoms with van der Waals surface area (Å²) in [6.07, 6.45) is 4.59. The number of hydrogen-bond acceptors (Lipinski definition) is 6. The van der Waals surface area contributed by atoms with E-state index >= 15 is 0 Å². The van der Waals surface area contributed by atoms with E-state index < -0.39 is 5.97 Å². The second kappa shape index (κ2) is 5.28. The summed E-state index contributed by atoms with van der Waals surface area (Å²) in [5.74, 6) is 1.16. The van der Waals surface area contributed by atoms with Crippen molar-refractivity contribution in [3.63, 3.8) is 0 Å². The summed E-state index contributed by atoms with van der Waals surface area (Å²) in [5, 5.41) is 8.18. The predicted octanol–water partition coefficient (Wildman–Crippen LogP) is 0.949. The monoisotopic (exact) mass is 273 g/mol. The van der Waals surface area contributed by atoms with E-state index in [1.54, 1.807) is 6.07 Å². The van der Waals surface area contributed by atoms with E-state index in [4.69, 9.17) is 10.5 Å². The smallest absolute Gasteiger partial charge is 0.357 e. The van der Waals surface area contributed by atoms with E-state index in [0.717, 1.165) is 31.6 Å². The molecule has 20 heavy (non-hydrogen) atoms. The molecule has 2 aromatic heterocycles. The van der Waals surface area contributed by atoms with Gasteiger partial charge in [-0.2, -0.15) is 0 Å². The molecule has 0 radical (unpaired) electrons. The van der Waals surface area contributed by atoms with Gasteiger partial charge in [0.2, 0.25) is 0 Å². The fourth-order valence-corrected chi connectivity index (χ4v) is 2.21. The van der Waals surface area contributed by atoms with Crippen molar-refractivity contribution < 1.29 is 9.53 Å². The quantitative estimate of drug-likeness (QED) is 0.836. The zero-order valence-corrected chi connectivity index (χ0v) is 11.0. The van der Waals surface area contributed by atoms with Crippen LogP contribution < -0.4 is 5.73 Å². The van der Waals surface area contributed by atoms with Crippen molar-refractivity contribution >= 4 is 11.7 Å². The summed E-state index contributed by atoms with van der Waals surface area (Å²) in [7, 11) is 0. The largest absolute Gasteiger partial charge is 0.453 e. The number of aryl methyl sites for hydroxylation is 1. The van der Waals surface area contributed by atoms with Crippen LogP contribution in [0.25, 0.3) is 0 Å². The second-order valence-electron chi connectivity index (χ2n) is 4.69. The molecule has 0 saturated heterocycles. The highest BCUT2D eigenvalue weighted by Gasteiger charge is 2.17. The Morgan fingerprint density at radius 2 is 2.25 bits per heavy atom. The first-order chi connectivity index (χ1) is 9.74. The summed E-state index contributed by atoms with van der Waals surface area (Å²) in [5.41, 5.74) is 6.26. The van der Waals surface area contributed by atoms with E-state index in [1.807, 2.05) is 4.57 Å². The van der Waals surface area contributed by atoms with Crippen LogP contribution >= 0.6 is 0 Å². The molecule has 3 rings (SSSR count). The van der Waals surface area contributed by atoms with Crippen LogP contribution in [0.3, 0.4) is 0 Å². The van der Waals surface area contributed by atoms with Gasteiger partial charge < -0.3 is 15.0 Å². The average Bonchev–Trinajstić information content (AvgIpc) is 2.89. The third kappa shape index (κ3) is 2.47. The van der Waals surface area contributed by atoms with Crippen LogP contribution in [0.4, 0.5) is 5.69 Å². The fourth-order valence-electron chi connectivity index (χ4n) is 2.21. The third-order valence-corrected chi connectivity index (χ3v) is 3.26. The summed E-state index contributed by atoms with van der Waals surface area (Å²) in [6.45, 7) is 0.993. The molecule has 0 unspecified atom stereocenters. The van der Waals surface area contributed by atoms with Gasteiger partial charge in [-0.3, -0.25) is 0 Å². The first-order valence-electron chi connectivity index (χ1n) is 6.53. The zero-order chi connectivity index (χ0) is 13.9. The molecule has 0 aromatic carbocycles. The summed E-state index contributed by atoms with van der Waals surface area (Å²) in [6, 6.07) is 3.15. The Labute approximate surface area is 115 Å². The molecule has 1 aliphatic heterocycles. The van der Waals surface area contributed by atoms with Gasteiger partial charge in [-0.15, -0.1) is 10.2 Å². The van der Waals surface area contributed by atoms with E-state index in [0.29, 0.717) is 11.5 Å². The van der Waals surface area contributed by atoms with E-state index in [2.05, 4.69) is 15.2 Å². The Bertz CT molecular complexity index is 620. The molecule has 0 fully saturated rings. The highest BCUT2D eigenvalue weighted by Crippen LogP contribution is 2.15. The standard InChI is InChI=1S/C13H15N5O2/c14-9-4-5-10(15-7-9)13(19)20-8-12-17-16-11-3-1-2-6-18(11)12/h4-5,7H,1-3,6,8,14H2. The SMILES string of the molecule is Nc1ccc(C(=O)OCc2nnc3n2CCCC3)nc1. The van der Waals surface area contributed by atoms with Gasteiger partial charge in [0.05, 0.1) is 11.9 Å². The number of hydrogen-bond donors (Lipinski definition) is 1. The maximum Gasteiger partial charge on any atom is 0.357 e. The van der Waals surface area contributed by atoms with E-state index in [1.165, 1.54) is 12.3 Å². The molecular weight excluding hydrogens is 258 g/mol. The number of nitrogens with two attached hydrogens (primary N) is 1. The molecule has 7 heteroatoms. The summed E-state index contributed by atoms with van der Waals surface area (Å²) >= 11 is 0. The number of pyridine rings is 1. The molecule has 1 aliphatic rings. The van der Waals surface area contributed by atoms with Gasteiger partial charge in [0.1, 0.15) is 11.5 Å². The van der Waals surface area contributed by atoms with Gasteiger partial charge in [-0.25, -0.2) is 9.78 Å². The van der Waals surface area contributed by atoms with Gasteiger partial charge in [-0.05, 0) is 25.0 Å². The molecule has 0 aliphatic carbocycles. The minimum absolute atomic E-state index is 0.109. The number of nitrogens with zero attached hydrogens (tertiary/aromatic N) is 4. The number of rotatable bonds is 3. The number of esters is 1. The maximum atomic E-state index is 11.8. The fraction of sp³-hybridized carbons (Fsp3) is 0.385. The Hall–Kier alpha value is -2.44. The topological polar surface area (TPSA) is 95.9 Å². The number of anilines is 1. The Balaban J connectivity index is 1.66. The molecule has 0 bridgehead atoms. The van der Waals surface area contributed by atoms with Crippen molar-refractivity contribution in [3.8, 4) is 0 Å². The van der Waals surface area contributed by atoms with E-state index in [9.17, 15) is 4.79 Å². The Morgan fingerprint density at radius 1 is 1.35 bits per heavy atom. The highest BCUT2D eigenvalue weighted by molar-refractivity contribution is 5.87. The van der Waals surface area contributed by atoms with Crippen LogP contribution in [0.1, 0.15) is 35.0 Å². The number of nitrogen functional groups attached to an aromatic ring is 1. The second-order valence-corrected chi connectivity index (χ2v) is 4.69. The molecule has 2 aromatic rings. The van der Waals surface area contributed by atoms with Crippen LogP contribution in [0.5, 0.6) is 0 Å². The molecule has 0 spiro atoms. The number of fused-ring (bicyclic) bond motifs is 1. The van der Waals surface area contributed by atoms with Crippen molar-refractivity contribution in [2.45, 2.75) is 32.4 Å². The Kier molecular flexibility index (Phi) is 3.32. The molecule has 2 N–H and O–H groups in total. The van der Waals surface area contributed by atoms with Gasteiger partial charge in [0.25, 0.3) is 0 Å². The molecule has 7 nitrogen and oxygen atoms in total. The van der Waals surface area contributed by atoms with Gasteiger partial charge in [-0.1, -0.05) is 0 Å². The zero-order valence-electron chi connectivity index (χ0n) is 11.0. The summed E-state index contributed by atoms with van der Waals surface area (Å²) in [4.78, 5) is 15.8. The first kappa shape index (κ1) is 12.6. The third-order valence-electron chi connectivity index (χ3n) is 3.26. The van der Waals surface area contributed by atoms with Gasteiger partial charge in [0, 0.05) is 13.0 Å². The molecule has 104 valence electrons. The van der Waals surface area contributed by atoms with Crippen molar-refractivity contribution in [1.82, 2.24) is 19.7 Å². The van der Waals surface area contributed by atoms with Crippen LogP contribution in [0, 0.1) is 0 Å². The molecule has 0 amide bonds. The van der Waals surface area contributed by atoms with Crippen LogP contribution in [-0.4, -0.2) is 25.7 Å². The lowest BCUT2D eigenvalue weighted by Crippen LogP contribution is -2.15. The highest BCUT2D eigenvalue weighted by atomic mass is 16.5. The lowest BCUT2D eigenvalue weighted by atomic mass is 10.2. The van der Waals surface area contributed by atoms with Gasteiger partial charge in [0.15, 0.2) is 12.4 Å². The Morgan fingerprint density at radius 3 is 3.05 bits per heavy atom. The van der Waals surface area contributed by atoms with Crippen molar-refractivity contribution in [2.75, 3.05) is 5.73 Å². The maximum absolute atomic E-state index is 11.8.